The van der Waals surface area contributed by atoms with Crippen molar-refractivity contribution in [2.24, 2.45) is 5.92 Å². The molecule has 0 spiro atoms. The fraction of sp³-hybridized carbons (Fsp3) is 1.00. The van der Waals surface area contributed by atoms with Gasteiger partial charge in [-0.15, -0.1) is 0 Å². The van der Waals surface area contributed by atoms with Crippen molar-refractivity contribution in [3.05, 3.63) is 0 Å². The van der Waals surface area contributed by atoms with Crippen molar-refractivity contribution >= 4 is 0 Å². The van der Waals surface area contributed by atoms with Gasteiger partial charge in [0, 0.05) is 32.7 Å². The number of likely N-dealkylation sites (N-methyl/N-ethyl adjacent to an activating group) is 1. The van der Waals surface area contributed by atoms with Crippen LogP contribution in [-0.2, 0) is 4.74 Å². The summed E-state index contributed by atoms with van der Waals surface area (Å²) in [5.41, 5.74) is 0. The van der Waals surface area contributed by atoms with Crippen LogP contribution in [0, 0.1) is 5.92 Å². The molecule has 102 valence electrons. The standard InChI is InChI=1S/C13H28N2O2/c1-4-14(5-7-16)10-13-11-15(6-8-17-13)9-12(2)3/h12-13,16H,4-11H2,1-3H3. The van der Waals surface area contributed by atoms with Gasteiger partial charge in [0.2, 0.25) is 0 Å². The first-order valence-electron chi connectivity index (χ1n) is 6.82. The zero-order chi connectivity index (χ0) is 12.7. The largest absolute Gasteiger partial charge is 0.395 e. The van der Waals surface area contributed by atoms with Crippen molar-refractivity contribution < 1.29 is 9.84 Å². The zero-order valence-electron chi connectivity index (χ0n) is 11.6. The molecule has 1 saturated heterocycles. The maximum absolute atomic E-state index is 8.98. The van der Waals surface area contributed by atoms with Gasteiger partial charge < -0.3 is 9.84 Å². The van der Waals surface area contributed by atoms with E-state index in [4.69, 9.17) is 9.84 Å². The average Bonchev–Trinajstić information content (AvgIpc) is 2.28. The van der Waals surface area contributed by atoms with Gasteiger partial charge in [-0.25, -0.2) is 0 Å². The van der Waals surface area contributed by atoms with E-state index >= 15 is 0 Å². The highest BCUT2D eigenvalue weighted by atomic mass is 16.5. The maximum Gasteiger partial charge on any atom is 0.0829 e. The minimum absolute atomic E-state index is 0.232. The summed E-state index contributed by atoms with van der Waals surface area (Å²) < 4.78 is 5.80. The molecule has 0 saturated carbocycles. The summed E-state index contributed by atoms with van der Waals surface area (Å²) in [6.45, 7) is 13.6. The smallest absolute Gasteiger partial charge is 0.0829 e. The summed E-state index contributed by atoms with van der Waals surface area (Å²) in [5, 5.41) is 8.98. The molecule has 1 unspecified atom stereocenters. The molecule has 1 N–H and O–H groups in total. The summed E-state index contributed by atoms with van der Waals surface area (Å²) in [5.74, 6) is 0.716. The van der Waals surface area contributed by atoms with Gasteiger partial charge in [-0.2, -0.15) is 0 Å². The van der Waals surface area contributed by atoms with Crippen LogP contribution in [0.3, 0.4) is 0 Å². The number of ether oxygens (including phenoxy) is 1. The highest BCUT2D eigenvalue weighted by Crippen LogP contribution is 2.09. The molecule has 0 aromatic rings. The summed E-state index contributed by atoms with van der Waals surface area (Å²) in [6.07, 6.45) is 0.300. The minimum Gasteiger partial charge on any atom is -0.395 e. The third-order valence-corrected chi connectivity index (χ3v) is 3.17. The van der Waals surface area contributed by atoms with Crippen LogP contribution < -0.4 is 0 Å². The van der Waals surface area contributed by atoms with Gasteiger partial charge in [0.15, 0.2) is 0 Å². The molecule has 0 aromatic heterocycles. The Labute approximate surface area is 106 Å². The van der Waals surface area contributed by atoms with E-state index in [-0.39, 0.29) is 6.61 Å². The molecule has 1 heterocycles. The highest BCUT2D eigenvalue weighted by Gasteiger charge is 2.22. The first kappa shape index (κ1) is 14.9. The second-order valence-electron chi connectivity index (χ2n) is 5.26. The molecule has 1 aliphatic rings. The monoisotopic (exact) mass is 244 g/mol. The van der Waals surface area contributed by atoms with E-state index in [1.807, 2.05) is 0 Å². The van der Waals surface area contributed by atoms with E-state index in [0.717, 1.165) is 45.9 Å². The molecule has 0 radical (unpaired) electrons. The normalized spacial score (nSPS) is 22.6. The predicted molar refractivity (Wildman–Crippen MR) is 70.2 cm³/mol. The van der Waals surface area contributed by atoms with Crippen LogP contribution >= 0.6 is 0 Å². The third kappa shape index (κ3) is 5.82. The van der Waals surface area contributed by atoms with Crippen molar-refractivity contribution in [3.63, 3.8) is 0 Å². The van der Waals surface area contributed by atoms with Crippen molar-refractivity contribution in [3.8, 4) is 0 Å². The summed E-state index contributed by atoms with van der Waals surface area (Å²) >= 11 is 0. The summed E-state index contributed by atoms with van der Waals surface area (Å²) in [4.78, 5) is 4.75. The number of morpholine rings is 1. The van der Waals surface area contributed by atoms with Gasteiger partial charge in [-0.1, -0.05) is 20.8 Å². The van der Waals surface area contributed by atoms with Crippen LogP contribution in [0.1, 0.15) is 20.8 Å². The molecule has 1 aliphatic heterocycles. The van der Waals surface area contributed by atoms with Crippen molar-refractivity contribution in [2.45, 2.75) is 26.9 Å². The van der Waals surface area contributed by atoms with Crippen LogP contribution in [0.5, 0.6) is 0 Å². The first-order valence-corrected chi connectivity index (χ1v) is 6.82. The second-order valence-corrected chi connectivity index (χ2v) is 5.26. The van der Waals surface area contributed by atoms with E-state index in [1.165, 1.54) is 0 Å². The Hall–Kier alpha value is -0.160. The number of nitrogens with zero attached hydrogens (tertiary/aromatic N) is 2. The van der Waals surface area contributed by atoms with Crippen LogP contribution in [0.2, 0.25) is 0 Å². The quantitative estimate of drug-likeness (QED) is 0.713. The van der Waals surface area contributed by atoms with Gasteiger partial charge in [-0.3, -0.25) is 9.80 Å². The van der Waals surface area contributed by atoms with Crippen LogP contribution in [0.15, 0.2) is 0 Å². The Morgan fingerprint density at radius 2 is 2.24 bits per heavy atom. The number of hydrogen-bond donors (Lipinski definition) is 1. The van der Waals surface area contributed by atoms with Gasteiger partial charge in [-0.05, 0) is 12.5 Å². The molecular formula is C13H28N2O2. The van der Waals surface area contributed by atoms with E-state index < -0.39 is 0 Å². The van der Waals surface area contributed by atoms with Crippen molar-refractivity contribution in [2.75, 3.05) is 52.5 Å². The maximum atomic E-state index is 8.98. The van der Waals surface area contributed by atoms with Gasteiger partial charge >= 0.3 is 0 Å². The molecule has 0 bridgehead atoms. The molecule has 4 heteroatoms. The lowest BCUT2D eigenvalue weighted by atomic mass is 10.1. The Kier molecular flexibility index (Phi) is 7.04. The molecule has 1 rings (SSSR count). The minimum atomic E-state index is 0.232. The Morgan fingerprint density at radius 1 is 1.47 bits per heavy atom. The van der Waals surface area contributed by atoms with Crippen molar-refractivity contribution in [1.82, 2.24) is 9.80 Å². The SMILES string of the molecule is CCN(CCO)CC1CN(CC(C)C)CCO1. The number of aliphatic hydroxyl groups is 1. The van der Waals surface area contributed by atoms with E-state index in [0.29, 0.717) is 12.0 Å². The van der Waals surface area contributed by atoms with E-state index in [9.17, 15) is 0 Å². The zero-order valence-corrected chi connectivity index (χ0v) is 11.6. The van der Waals surface area contributed by atoms with E-state index in [1.54, 1.807) is 0 Å². The molecule has 0 amide bonds. The first-order chi connectivity index (χ1) is 8.15. The fourth-order valence-corrected chi connectivity index (χ4v) is 2.38. The Morgan fingerprint density at radius 3 is 2.82 bits per heavy atom. The second kappa shape index (κ2) is 8.03. The molecule has 0 aliphatic carbocycles. The molecule has 1 fully saturated rings. The van der Waals surface area contributed by atoms with Crippen LogP contribution in [0.4, 0.5) is 0 Å². The highest BCUT2D eigenvalue weighted by molar-refractivity contribution is 4.75. The fourth-order valence-electron chi connectivity index (χ4n) is 2.38. The van der Waals surface area contributed by atoms with E-state index in [2.05, 4.69) is 30.6 Å². The third-order valence-electron chi connectivity index (χ3n) is 3.17. The lowest BCUT2D eigenvalue weighted by molar-refractivity contribution is -0.0466. The molecule has 17 heavy (non-hydrogen) atoms. The van der Waals surface area contributed by atoms with Crippen LogP contribution in [-0.4, -0.2) is 73.5 Å². The molecule has 0 aromatic carbocycles. The predicted octanol–water partition coefficient (Wildman–Crippen LogP) is 0.657. The number of rotatable bonds is 7. The average molecular weight is 244 g/mol. The number of hydrogen-bond acceptors (Lipinski definition) is 4. The van der Waals surface area contributed by atoms with Crippen molar-refractivity contribution in [1.29, 1.82) is 0 Å². The van der Waals surface area contributed by atoms with Gasteiger partial charge in [0.25, 0.3) is 0 Å². The lowest BCUT2D eigenvalue weighted by Crippen LogP contribution is -2.48. The van der Waals surface area contributed by atoms with Crippen LogP contribution in [0.25, 0.3) is 0 Å². The summed E-state index contributed by atoms with van der Waals surface area (Å²) in [6, 6.07) is 0. The number of aliphatic hydroxyl groups excluding tert-OH is 1. The van der Waals surface area contributed by atoms with Gasteiger partial charge in [0.1, 0.15) is 0 Å². The molecule has 4 nitrogen and oxygen atoms in total. The molecule has 1 atom stereocenters. The van der Waals surface area contributed by atoms with Gasteiger partial charge in [0.05, 0.1) is 19.3 Å². The topological polar surface area (TPSA) is 35.9 Å². The Balaban J connectivity index is 2.32. The lowest BCUT2D eigenvalue weighted by Gasteiger charge is -2.36. The summed E-state index contributed by atoms with van der Waals surface area (Å²) in [7, 11) is 0. The Bertz CT molecular complexity index is 200. The molecular weight excluding hydrogens is 216 g/mol.